The van der Waals surface area contributed by atoms with Crippen LogP contribution in [0.4, 0.5) is 5.69 Å². The minimum absolute atomic E-state index is 0.277. The molecular formula is C17H18ClNO3Sn. The first kappa shape index (κ1) is 17.8. The quantitative estimate of drug-likeness (QED) is 0.711. The predicted molar refractivity (Wildman–Crippen MR) is 94.6 cm³/mol. The topological polar surface area (TPSA) is 55.4 Å². The molecule has 0 aliphatic rings. The average Bonchev–Trinajstić information content (AvgIpc) is 2.45. The molecule has 2 aromatic rings. The van der Waals surface area contributed by atoms with E-state index in [4.69, 9.17) is 14.7 Å². The number of nitrogens with one attached hydrogen (secondary N) is 1. The van der Waals surface area contributed by atoms with Crippen molar-refractivity contribution in [1.29, 1.82) is 0 Å². The third kappa shape index (κ3) is 5.25. The second kappa shape index (κ2) is 7.36. The Hall–Kier alpha value is -1.53. The molecule has 0 atom stereocenters. The molecule has 120 valence electrons. The minimum atomic E-state index is -2.76. The molecule has 0 aliphatic carbocycles. The molecule has 6 heteroatoms. The van der Waals surface area contributed by atoms with E-state index in [1.54, 1.807) is 48.5 Å². The van der Waals surface area contributed by atoms with Crippen molar-refractivity contribution in [2.24, 2.45) is 0 Å². The van der Waals surface area contributed by atoms with Crippen LogP contribution in [0.3, 0.4) is 0 Å². The van der Waals surface area contributed by atoms with Crippen molar-refractivity contribution in [2.45, 2.75) is 14.8 Å². The number of benzene rings is 2. The van der Waals surface area contributed by atoms with Gasteiger partial charge in [0.1, 0.15) is 0 Å². The summed E-state index contributed by atoms with van der Waals surface area (Å²) in [5.41, 5.74) is 1.13. The number of hydrogen-bond donors (Lipinski definition) is 1. The zero-order valence-electron chi connectivity index (χ0n) is 13.2. The Morgan fingerprint density at radius 1 is 1.00 bits per heavy atom. The van der Waals surface area contributed by atoms with E-state index >= 15 is 0 Å². The Bertz CT molecular complexity index is 741. The third-order valence-corrected chi connectivity index (χ3v) is 5.38. The van der Waals surface area contributed by atoms with Gasteiger partial charge in [-0.05, 0) is 0 Å². The predicted octanol–water partition coefficient (Wildman–Crippen LogP) is 4.58. The molecule has 0 radical (unpaired) electrons. The summed E-state index contributed by atoms with van der Waals surface area (Å²) < 4.78 is 5.55. The van der Waals surface area contributed by atoms with Gasteiger partial charge in [0.2, 0.25) is 0 Å². The first-order chi connectivity index (χ1) is 10.8. The first-order valence-electron chi connectivity index (χ1n) is 7.15. The van der Waals surface area contributed by atoms with Crippen molar-refractivity contribution in [3.05, 3.63) is 64.7 Å². The maximum atomic E-state index is 12.5. The summed E-state index contributed by atoms with van der Waals surface area (Å²) in [5, 5.41) is 3.27. The van der Waals surface area contributed by atoms with Crippen LogP contribution in [0.15, 0.2) is 48.5 Å². The fraction of sp³-hybridized carbons (Fsp3) is 0.176. The number of rotatable bonds is 4. The van der Waals surface area contributed by atoms with E-state index in [1.807, 2.05) is 14.8 Å². The van der Waals surface area contributed by atoms with Crippen LogP contribution in [-0.4, -0.2) is 30.7 Å². The van der Waals surface area contributed by atoms with Crippen LogP contribution in [0.5, 0.6) is 0 Å². The zero-order chi connectivity index (χ0) is 17.0. The van der Waals surface area contributed by atoms with Crippen LogP contribution >= 0.6 is 11.6 Å². The van der Waals surface area contributed by atoms with Crippen LogP contribution in [0.1, 0.15) is 20.7 Å². The summed E-state index contributed by atoms with van der Waals surface area (Å²) in [5.74, 6) is -0.811. The van der Waals surface area contributed by atoms with Crippen molar-refractivity contribution in [2.75, 3.05) is 5.32 Å². The van der Waals surface area contributed by atoms with Gasteiger partial charge in [0.25, 0.3) is 0 Å². The zero-order valence-corrected chi connectivity index (χ0v) is 16.8. The van der Waals surface area contributed by atoms with E-state index in [0.717, 1.165) is 0 Å². The summed E-state index contributed by atoms with van der Waals surface area (Å²) in [4.78, 5) is 30.8. The fourth-order valence-corrected chi connectivity index (χ4v) is 4.05. The molecule has 0 unspecified atom stereocenters. The Labute approximate surface area is 145 Å². The third-order valence-electron chi connectivity index (χ3n) is 2.87. The van der Waals surface area contributed by atoms with Gasteiger partial charge >= 0.3 is 145 Å². The molecule has 0 aliphatic heterocycles. The molecule has 0 aromatic heterocycles. The van der Waals surface area contributed by atoms with Crippen LogP contribution in [0, 0.1) is 0 Å². The Kier molecular flexibility index (Phi) is 5.70. The number of hydrogen-bond acceptors (Lipinski definition) is 3. The summed E-state index contributed by atoms with van der Waals surface area (Å²) >= 11 is 3.15. The molecule has 0 bridgehead atoms. The molecule has 0 fully saturated rings. The van der Waals surface area contributed by atoms with Crippen LogP contribution < -0.4 is 5.32 Å². The van der Waals surface area contributed by atoms with Gasteiger partial charge in [-0.25, -0.2) is 0 Å². The average molecular weight is 438 g/mol. The van der Waals surface area contributed by atoms with E-state index < -0.39 is 24.8 Å². The van der Waals surface area contributed by atoms with Crippen molar-refractivity contribution < 1.29 is 12.7 Å². The van der Waals surface area contributed by atoms with Crippen LogP contribution in [-0.2, 0) is 3.07 Å². The fourth-order valence-electron chi connectivity index (χ4n) is 1.96. The molecule has 23 heavy (non-hydrogen) atoms. The van der Waals surface area contributed by atoms with Gasteiger partial charge in [0.05, 0.1) is 0 Å². The van der Waals surface area contributed by atoms with Gasteiger partial charge in [-0.2, -0.15) is 0 Å². The van der Waals surface area contributed by atoms with Crippen molar-refractivity contribution >= 4 is 48.0 Å². The monoisotopic (exact) mass is 439 g/mol. The van der Waals surface area contributed by atoms with Gasteiger partial charge in [-0.15, -0.1) is 0 Å². The number of anilines is 1. The molecule has 2 rings (SSSR count). The maximum absolute atomic E-state index is 12.5. The van der Waals surface area contributed by atoms with Gasteiger partial charge in [-0.3, -0.25) is 0 Å². The number of carbonyl (C=O) groups excluding carboxylic acids is 2. The van der Waals surface area contributed by atoms with E-state index in [-0.39, 0.29) is 17.0 Å². The summed E-state index contributed by atoms with van der Waals surface area (Å²) in [6, 6.07) is 13.5. The number of halogens is 1. The SMILES string of the molecule is [CH3][Sn]([CH3])([CH3])[O]C(=O)c1ccccc1C(=O)Nc1cccc(Cl)c1. The molecular weight excluding hydrogens is 420 g/mol. The number of amides is 1. The summed E-state index contributed by atoms with van der Waals surface area (Å²) in [7, 11) is 0. The van der Waals surface area contributed by atoms with Gasteiger partial charge < -0.3 is 0 Å². The molecule has 0 saturated carbocycles. The number of carbonyl (C=O) groups is 2. The standard InChI is InChI=1S/C14H10ClNO3.3CH3.Sn/c15-9-4-3-5-10(8-9)16-13(17)11-6-1-2-7-12(11)14(18)19;;;;/h1-8H,(H,16,17)(H,18,19);3*1H3;/q;;;;+1/p-1. The van der Waals surface area contributed by atoms with E-state index in [1.165, 1.54) is 0 Å². The Morgan fingerprint density at radius 3 is 2.26 bits per heavy atom. The Morgan fingerprint density at radius 2 is 1.65 bits per heavy atom. The van der Waals surface area contributed by atoms with Gasteiger partial charge in [0.15, 0.2) is 0 Å². The van der Waals surface area contributed by atoms with Crippen molar-refractivity contribution in [1.82, 2.24) is 0 Å². The first-order valence-corrected chi connectivity index (χ1v) is 17.3. The van der Waals surface area contributed by atoms with Gasteiger partial charge in [-0.1, -0.05) is 0 Å². The summed E-state index contributed by atoms with van der Waals surface area (Å²) in [6.07, 6.45) is 0. The summed E-state index contributed by atoms with van der Waals surface area (Å²) in [6.45, 7) is 0. The Balaban J connectivity index is 2.26. The second-order valence-electron chi connectivity index (χ2n) is 6.01. The van der Waals surface area contributed by atoms with E-state index in [0.29, 0.717) is 10.7 Å². The van der Waals surface area contributed by atoms with E-state index in [2.05, 4.69) is 5.32 Å². The molecule has 0 heterocycles. The van der Waals surface area contributed by atoms with Crippen molar-refractivity contribution in [3.63, 3.8) is 0 Å². The molecule has 1 N–H and O–H groups in total. The molecule has 1 amide bonds. The van der Waals surface area contributed by atoms with Gasteiger partial charge in [0, 0.05) is 0 Å². The molecule has 0 saturated heterocycles. The molecule has 0 spiro atoms. The van der Waals surface area contributed by atoms with Crippen molar-refractivity contribution in [3.8, 4) is 0 Å². The second-order valence-corrected chi connectivity index (χ2v) is 19.1. The van der Waals surface area contributed by atoms with E-state index in [9.17, 15) is 9.59 Å². The van der Waals surface area contributed by atoms with Crippen LogP contribution in [0.25, 0.3) is 0 Å². The van der Waals surface area contributed by atoms with Crippen LogP contribution in [0.2, 0.25) is 19.8 Å². The molecule has 2 aromatic carbocycles. The molecule has 4 nitrogen and oxygen atoms in total. The normalized spacial score (nSPS) is 11.0.